The van der Waals surface area contributed by atoms with Gasteiger partial charge in [-0.05, 0) is 32.4 Å². The van der Waals surface area contributed by atoms with Gasteiger partial charge in [0.05, 0.1) is 0 Å². The summed E-state index contributed by atoms with van der Waals surface area (Å²) in [5.74, 6) is 0. The van der Waals surface area contributed by atoms with E-state index < -0.39 is 0 Å². The molecule has 0 heterocycles. The highest BCUT2D eigenvalue weighted by atomic mass is 127. The smallest absolute Gasteiger partial charge is 0.0619 e. The minimum absolute atomic E-state index is 0.180. The molecule has 0 saturated carbocycles. The van der Waals surface area contributed by atoms with Gasteiger partial charge < -0.3 is 0 Å². The number of hydrogen-bond donors (Lipinski definition) is 0. The molecule has 0 aliphatic rings. The summed E-state index contributed by atoms with van der Waals surface area (Å²) in [5, 5.41) is 0. The quantitative estimate of drug-likeness (QED) is 0.543. The second-order valence-electron chi connectivity index (χ2n) is 3.46. The largest absolute Gasteiger partial charge is 0.319 e. The molecule has 0 atom stereocenters. The van der Waals surface area contributed by atoms with Crippen LogP contribution in [0.5, 0.6) is 0 Å². The molecule has 0 spiro atoms. The lowest BCUT2D eigenvalue weighted by Gasteiger charge is -2.06. The van der Waals surface area contributed by atoms with Gasteiger partial charge in [0.1, 0.15) is 0 Å². The molecule has 1 aromatic carbocycles. The molecule has 0 saturated heterocycles. The van der Waals surface area contributed by atoms with Crippen LogP contribution in [0.3, 0.4) is 0 Å². The Balaban J connectivity index is 2.64. The van der Waals surface area contributed by atoms with Gasteiger partial charge in [-0.15, -0.1) is 0 Å². The van der Waals surface area contributed by atoms with Gasteiger partial charge >= 0.3 is 21.2 Å². The molecule has 0 bridgehead atoms. The van der Waals surface area contributed by atoms with E-state index >= 15 is 0 Å². The Morgan fingerprint density at radius 1 is 1.17 bits per heavy atom. The van der Waals surface area contributed by atoms with Crippen molar-refractivity contribution >= 4 is 0 Å². The van der Waals surface area contributed by atoms with Crippen LogP contribution in [0, 0.1) is 3.57 Å². The first-order valence-electron chi connectivity index (χ1n) is 4.35. The van der Waals surface area contributed by atoms with E-state index in [9.17, 15) is 0 Å². The molecule has 0 fully saturated rings. The van der Waals surface area contributed by atoms with E-state index in [4.69, 9.17) is 0 Å². The number of halogens is 1. The minimum Gasteiger partial charge on any atom is -0.0619 e. The van der Waals surface area contributed by atoms with Gasteiger partial charge in [-0.3, -0.25) is 0 Å². The van der Waals surface area contributed by atoms with Crippen LogP contribution >= 0.6 is 0 Å². The van der Waals surface area contributed by atoms with Crippen molar-refractivity contribution in [3.63, 3.8) is 0 Å². The molecule has 0 N–H and O–H groups in total. The average Bonchev–Trinajstić information content (AvgIpc) is 2.06. The fourth-order valence-electron chi connectivity index (χ4n) is 0.840. The maximum Gasteiger partial charge on any atom is 0.319 e. The van der Waals surface area contributed by atoms with Crippen molar-refractivity contribution in [2.24, 2.45) is 0 Å². The molecule has 0 aliphatic heterocycles. The van der Waals surface area contributed by atoms with E-state index in [1.807, 2.05) is 0 Å². The van der Waals surface area contributed by atoms with Crippen LogP contribution < -0.4 is 21.2 Å². The molecule has 1 rings (SSSR count). The van der Waals surface area contributed by atoms with Gasteiger partial charge in [0.2, 0.25) is 0 Å². The fraction of sp³-hybridized carbons (Fsp3) is 0.455. The Kier molecular flexibility index (Phi) is 3.56. The Hall–Kier alpha value is -0.0500. The molecule has 66 valence electrons. The predicted molar refractivity (Wildman–Crippen MR) is 49.5 cm³/mol. The predicted octanol–water partition coefficient (Wildman–Crippen LogP) is 0.134. The van der Waals surface area contributed by atoms with E-state index in [-0.39, 0.29) is 21.2 Å². The third-order valence-corrected chi connectivity index (χ3v) is 5.50. The third-order valence-electron chi connectivity index (χ3n) is 1.94. The zero-order valence-corrected chi connectivity index (χ0v) is 10.1. The highest BCUT2D eigenvalue weighted by Crippen LogP contribution is 1.96. The van der Waals surface area contributed by atoms with Crippen molar-refractivity contribution < 1.29 is 21.2 Å². The monoisotopic (exact) mass is 275 g/mol. The molecule has 1 aromatic rings. The van der Waals surface area contributed by atoms with Crippen LogP contribution in [0.1, 0.15) is 27.2 Å². The van der Waals surface area contributed by atoms with E-state index in [0.717, 1.165) is 0 Å². The van der Waals surface area contributed by atoms with Gasteiger partial charge in [-0.2, -0.15) is 0 Å². The van der Waals surface area contributed by atoms with Crippen molar-refractivity contribution in [2.45, 2.75) is 30.6 Å². The van der Waals surface area contributed by atoms with Gasteiger partial charge in [0, 0.05) is 0 Å². The van der Waals surface area contributed by atoms with Crippen LogP contribution in [0.2, 0.25) is 0 Å². The first-order valence-corrected chi connectivity index (χ1v) is 6.51. The topological polar surface area (TPSA) is 0 Å². The standard InChI is InChI=1S/C11H16I/c1-4-11(2,3)12-10-8-6-5-7-9-10/h5-9H,4H2,1-3H3/q+1. The second kappa shape index (κ2) is 4.26. The highest BCUT2D eigenvalue weighted by Gasteiger charge is 2.32. The summed E-state index contributed by atoms with van der Waals surface area (Å²) < 4.78 is 2.11. The SMILES string of the molecule is CCC(C)(C)[I+]c1ccccc1. The number of alkyl halides is 1. The Bertz CT molecular complexity index is 226. The van der Waals surface area contributed by atoms with Crippen LogP contribution in [0.25, 0.3) is 0 Å². The molecule has 0 aliphatic carbocycles. The molecular weight excluding hydrogens is 259 g/mol. The van der Waals surface area contributed by atoms with Crippen molar-refractivity contribution in [1.82, 2.24) is 0 Å². The lowest BCUT2D eigenvalue weighted by atomic mass is 10.2. The van der Waals surface area contributed by atoms with Crippen molar-refractivity contribution in [3.8, 4) is 0 Å². The first kappa shape index (κ1) is 10.0. The van der Waals surface area contributed by atoms with E-state index in [0.29, 0.717) is 3.42 Å². The van der Waals surface area contributed by atoms with Gasteiger partial charge in [0.15, 0.2) is 6.99 Å². The van der Waals surface area contributed by atoms with Crippen LogP contribution in [0.15, 0.2) is 30.3 Å². The van der Waals surface area contributed by atoms with Crippen LogP contribution in [-0.4, -0.2) is 3.42 Å². The maximum absolute atomic E-state index is 2.37. The molecule has 0 amide bonds. The molecule has 0 radical (unpaired) electrons. The second-order valence-corrected chi connectivity index (χ2v) is 8.17. The minimum atomic E-state index is 0.180. The lowest BCUT2D eigenvalue weighted by Crippen LogP contribution is -3.67. The van der Waals surface area contributed by atoms with E-state index in [1.165, 1.54) is 6.42 Å². The summed E-state index contributed by atoms with van der Waals surface area (Å²) in [5.41, 5.74) is 0. The molecule has 0 nitrogen and oxygen atoms in total. The van der Waals surface area contributed by atoms with Crippen molar-refractivity contribution in [1.29, 1.82) is 0 Å². The normalized spacial score (nSPS) is 11.6. The molecule has 0 aromatic heterocycles. The molecule has 12 heavy (non-hydrogen) atoms. The molecular formula is C11H16I+. The zero-order chi connectivity index (χ0) is 9.03. The molecule has 1 heteroatoms. The third kappa shape index (κ3) is 3.13. The van der Waals surface area contributed by atoms with Gasteiger partial charge in [0.25, 0.3) is 0 Å². The summed E-state index contributed by atoms with van der Waals surface area (Å²) in [6.07, 6.45) is 1.29. The average molecular weight is 275 g/mol. The first-order chi connectivity index (χ1) is 5.64. The number of benzene rings is 1. The van der Waals surface area contributed by atoms with Crippen molar-refractivity contribution in [3.05, 3.63) is 33.9 Å². The zero-order valence-electron chi connectivity index (χ0n) is 7.97. The Morgan fingerprint density at radius 3 is 2.25 bits per heavy atom. The van der Waals surface area contributed by atoms with Gasteiger partial charge in [-0.1, -0.05) is 25.1 Å². The maximum atomic E-state index is 2.37. The van der Waals surface area contributed by atoms with Gasteiger partial charge in [-0.25, -0.2) is 0 Å². The Morgan fingerprint density at radius 2 is 1.75 bits per heavy atom. The summed E-state index contributed by atoms with van der Waals surface area (Å²) in [6, 6.07) is 10.9. The number of hydrogen-bond acceptors (Lipinski definition) is 0. The van der Waals surface area contributed by atoms with E-state index in [1.54, 1.807) is 3.57 Å². The van der Waals surface area contributed by atoms with Crippen molar-refractivity contribution in [2.75, 3.05) is 0 Å². The van der Waals surface area contributed by atoms with Crippen LogP contribution in [-0.2, 0) is 0 Å². The lowest BCUT2D eigenvalue weighted by molar-refractivity contribution is -0.696. The number of rotatable bonds is 3. The summed E-state index contributed by atoms with van der Waals surface area (Å²) in [6.45, 7) is 7.02. The fourth-order valence-corrected chi connectivity index (χ4v) is 3.68. The highest BCUT2D eigenvalue weighted by molar-refractivity contribution is 4.99. The summed E-state index contributed by atoms with van der Waals surface area (Å²) >= 11 is 0.180. The molecule has 0 unspecified atom stereocenters. The summed E-state index contributed by atoms with van der Waals surface area (Å²) in [4.78, 5) is 0. The van der Waals surface area contributed by atoms with Crippen LogP contribution in [0.4, 0.5) is 0 Å². The van der Waals surface area contributed by atoms with E-state index in [2.05, 4.69) is 51.1 Å². The Labute approximate surface area is 85.6 Å². The summed E-state index contributed by atoms with van der Waals surface area (Å²) in [7, 11) is 0.